The first-order chi connectivity index (χ1) is 14.2. The predicted octanol–water partition coefficient (Wildman–Crippen LogP) is 2.90. The van der Waals surface area contributed by atoms with Crippen LogP contribution in [0.15, 0.2) is 12.4 Å². The van der Waals surface area contributed by atoms with Crippen LogP contribution in [0.5, 0.6) is 0 Å². The van der Waals surface area contributed by atoms with Crippen molar-refractivity contribution in [3.8, 4) is 0 Å². The van der Waals surface area contributed by atoms with Crippen LogP contribution in [0.3, 0.4) is 0 Å². The highest BCUT2D eigenvalue weighted by molar-refractivity contribution is 6.32. The molecule has 1 saturated heterocycles. The van der Waals surface area contributed by atoms with Crippen molar-refractivity contribution in [1.29, 1.82) is 0 Å². The number of hydrogen-bond acceptors (Lipinski definition) is 4. The number of hydrogen-bond donors (Lipinski definition) is 0. The number of amides is 1. The van der Waals surface area contributed by atoms with Crippen molar-refractivity contribution in [3.05, 3.63) is 34.4 Å². The van der Waals surface area contributed by atoms with Crippen LogP contribution in [-0.2, 0) is 31.1 Å². The van der Waals surface area contributed by atoms with Crippen molar-refractivity contribution in [2.24, 2.45) is 7.05 Å². The topological polar surface area (TPSA) is 59.2 Å². The van der Waals surface area contributed by atoms with Gasteiger partial charge in [-0.1, -0.05) is 11.6 Å². The molecular formula is C19H24ClF3N6O. The molecule has 2 aromatic rings. The van der Waals surface area contributed by atoms with Gasteiger partial charge in [-0.3, -0.25) is 19.1 Å². The molecule has 2 aliphatic rings. The number of nitrogens with zero attached hydrogens (tertiary/aromatic N) is 6. The molecule has 30 heavy (non-hydrogen) atoms. The van der Waals surface area contributed by atoms with E-state index in [1.165, 1.54) is 4.68 Å². The minimum atomic E-state index is -4.60. The zero-order chi connectivity index (χ0) is 21.5. The standard InChI is InChI=1S/C19H24ClF3N6O/c1-26-11-13(10-24-26)12-27-6-8-28(9-7-27)15(30)4-5-29-17(14-2-3-14)16(20)18(25-29)19(21,22)23/h10-11,14H,2-9,12H2,1H3. The SMILES string of the molecule is Cn1cc(CN2CCN(C(=O)CCn3nc(C(F)(F)F)c(Cl)c3C3CC3)CC2)cn1. The Bertz CT molecular complexity index is 912. The van der Waals surface area contributed by atoms with Crippen molar-refractivity contribution in [1.82, 2.24) is 29.4 Å². The molecule has 3 heterocycles. The fourth-order valence-electron chi connectivity index (χ4n) is 3.88. The lowest BCUT2D eigenvalue weighted by Crippen LogP contribution is -2.48. The highest BCUT2D eigenvalue weighted by Crippen LogP contribution is 2.46. The molecule has 1 aliphatic heterocycles. The summed E-state index contributed by atoms with van der Waals surface area (Å²) in [6, 6.07) is 0. The van der Waals surface area contributed by atoms with Crippen molar-refractivity contribution in [2.45, 2.75) is 44.4 Å². The largest absolute Gasteiger partial charge is 0.436 e. The molecule has 2 aromatic heterocycles. The van der Waals surface area contributed by atoms with E-state index < -0.39 is 11.9 Å². The summed E-state index contributed by atoms with van der Waals surface area (Å²) < 4.78 is 42.5. The molecule has 164 valence electrons. The van der Waals surface area contributed by atoms with Crippen molar-refractivity contribution in [2.75, 3.05) is 26.2 Å². The minimum Gasteiger partial charge on any atom is -0.340 e. The predicted molar refractivity (Wildman–Crippen MR) is 104 cm³/mol. The van der Waals surface area contributed by atoms with Gasteiger partial charge in [0.2, 0.25) is 5.91 Å². The van der Waals surface area contributed by atoms with E-state index in [1.807, 2.05) is 19.4 Å². The maximum absolute atomic E-state index is 13.2. The Morgan fingerprint density at radius 1 is 1.23 bits per heavy atom. The van der Waals surface area contributed by atoms with Crippen LogP contribution >= 0.6 is 11.6 Å². The van der Waals surface area contributed by atoms with Crippen molar-refractivity contribution in [3.63, 3.8) is 0 Å². The van der Waals surface area contributed by atoms with Gasteiger partial charge in [-0.25, -0.2) is 0 Å². The van der Waals surface area contributed by atoms with Crippen LogP contribution in [0.25, 0.3) is 0 Å². The summed E-state index contributed by atoms with van der Waals surface area (Å²) in [5, 5.41) is 7.54. The number of rotatable bonds is 6. The Morgan fingerprint density at radius 3 is 2.50 bits per heavy atom. The van der Waals surface area contributed by atoms with Crippen LogP contribution in [-0.4, -0.2) is 61.4 Å². The normalized spacial score (nSPS) is 18.2. The lowest BCUT2D eigenvalue weighted by molar-refractivity contribution is -0.141. The number of carbonyl (C=O) groups is 1. The van der Waals surface area contributed by atoms with Gasteiger partial charge in [-0.15, -0.1) is 0 Å². The molecule has 0 aromatic carbocycles. The van der Waals surface area contributed by atoms with Gasteiger partial charge < -0.3 is 4.90 Å². The Labute approximate surface area is 177 Å². The highest BCUT2D eigenvalue weighted by Gasteiger charge is 2.42. The van der Waals surface area contributed by atoms with Gasteiger partial charge in [0.25, 0.3) is 0 Å². The van der Waals surface area contributed by atoms with Gasteiger partial charge in [0.1, 0.15) is 0 Å². The summed E-state index contributed by atoms with van der Waals surface area (Å²) in [6.07, 6.45) is 0.919. The second-order valence-corrected chi connectivity index (χ2v) is 8.35. The molecule has 0 radical (unpaired) electrons. The van der Waals surface area contributed by atoms with Crippen LogP contribution < -0.4 is 0 Å². The second kappa shape index (κ2) is 8.22. The van der Waals surface area contributed by atoms with Gasteiger partial charge in [-0.05, 0) is 12.8 Å². The summed E-state index contributed by atoms with van der Waals surface area (Å²) in [7, 11) is 1.87. The molecule has 1 amide bonds. The third-order valence-electron chi connectivity index (χ3n) is 5.59. The summed E-state index contributed by atoms with van der Waals surface area (Å²) in [4.78, 5) is 16.7. The van der Waals surface area contributed by atoms with Gasteiger partial charge in [0.05, 0.1) is 23.5 Å². The lowest BCUT2D eigenvalue weighted by atomic mass is 10.2. The molecule has 0 atom stereocenters. The van der Waals surface area contributed by atoms with Gasteiger partial charge in [0.15, 0.2) is 5.69 Å². The summed E-state index contributed by atoms with van der Waals surface area (Å²) in [5.74, 6) is -0.0646. The van der Waals surface area contributed by atoms with E-state index in [4.69, 9.17) is 11.6 Å². The number of aryl methyl sites for hydroxylation is 2. The highest BCUT2D eigenvalue weighted by atomic mass is 35.5. The molecule has 2 fully saturated rings. The number of aromatic nitrogens is 4. The van der Waals surface area contributed by atoms with Crippen LogP contribution in [0.4, 0.5) is 13.2 Å². The van der Waals surface area contributed by atoms with Crippen molar-refractivity contribution < 1.29 is 18.0 Å². The molecule has 4 rings (SSSR count). The molecule has 7 nitrogen and oxygen atoms in total. The van der Waals surface area contributed by atoms with E-state index in [1.54, 1.807) is 9.58 Å². The molecule has 0 spiro atoms. The fraction of sp³-hybridized carbons (Fsp3) is 0.632. The minimum absolute atomic E-state index is 0.00669. The monoisotopic (exact) mass is 444 g/mol. The first-order valence-electron chi connectivity index (χ1n) is 10.0. The quantitative estimate of drug-likeness (QED) is 0.687. The molecule has 0 N–H and O–H groups in total. The maximum Gasteiger partial charge on any atom is 0.436 e. The fourth-order valence-corrected chi connectivity index (χ4v) is 4.27. The smallest absolute Gasteiger partial charge is 0.340 e. The molecule has 11 heteroatoms. The second-order valence-electron chi connectivity index (χ2n) is 7.97. The zero-order valence-corrected chi connectivity index (χ0v) is 17.5. The van der Waals surface area contributed by atoms with E-state index in [-0.39, 0.29) is 29.8 Å². The van der Waals surface area contributed by atoms with Crippen LogP contribution in [0, 0.1) is 0 Å². The van der Waals surface area contributed by atoms with E-state index >= 15 is 0 Å². The number of halogens is 4. The van der Waals surface area contributed by atoms with Crippen LogP contribution in [0.2, 0.25) is 5.02 Å². The summed E-state index contributed by atoms with van der Waals surface area (Å²) >= 11 is 5.99. The number of carbonyl (C=O) groups excluding carboxylic acids is 1. The third kappa shape index (κ3) is 4.64. The van der Waals surface area contributed by atoms with E-state index in [9.17, 15) is 18.0 Å². The Kier molecular flexibility index (Phi) is 5.80. The average Bonchev–Trinajstić information content (AvgIpc) is 3.35. The van der Waals surface area contributed by atoms with Gasteiger partial charge in [0, 0.05) is 63.9 Å². The Balaban J connectivity index is 1.32. The van der Waals surface area contributed by atoms with E-state index in [0.29, 0.717) is 18.8 Å². The zero-order valence-electron chi connectivity index (χ0n) is 16.7. The lowest BCUT2D eigenvalue weighted by Gasteiger charge is -2.34. The number of piperazine rings is 1. The molecular weight excluding hydrogens is 421 g/mol. The van der Waals surface area contributed by atoms with Crippen molar-refractivity contribution >= 4 is 17.5 Å². The van der Waals surface area contributed by atoms with Gasteiger partial charge >= 0.3 is 6.18 Å². The van der Waals surface area contributed by atoms with E-state index in [0.717, 1.165) is 38.0 Å². The summed E-state index contributed by atoms with van der Waals surface area (Å²) in [6.45, 7) is 3.59. The first-order valence-corrected chi connectivity index (χ1v) is 10.4. The number of alkyl halides is 3. The van der Waals surface area contributed by atoms with Gasteiger partial charge in [-0.2, -0.15) is 23.4 Å². The molecule has 0 bridgehead atoms. The maximum atomic E-state index is 13.2. The molecule has 1 saturated carbocycles. The first kappa shape index (κ1) is 21.2. The Hall–Kier alpha value is -2.07. The Morgan fingerprint density at radius 2 is 1.93 bits per heavy atom. The molecule has 1 aliphatic carbocycles. The third-order valence-corrected chi connectivity index (χ3v) is 5.96. The van der Waals surface area contributed by atoms with Crippen LogP contribution in [0.1, 0.15) is 42.1 Å². The molecule has 0 unspecified atom stereocenters. The average molecular weight is 445 g/mol. The van der Waals surface area contributed by atoms with E-state index in [2.05, 4.69) is 15.1 Å². The summed E-state index contributed by atoms with van der Waals surface area (Å²) in [5.41, 5.74) is 0.488.